The molecule has 0 radical (unpaired) electrons. The van der Waals surface area contributed by atoms with Gasteiger partial charge in [-0.05, 0) is 68.4 Å². The van der Waals surface area contributed by atoms with Gasteiger partial charge < -0.3 is 10.1 Å². The van der Waals surface area contributed by atoms with Crippen molar-refractivity contribution in [2.75, 3.05) is 13.2 Å². The summed E-state index contributed by atoms with van der Waals surface area (Å²) < 4.78 is 33.6. The molecule has 7 heteroatoms. The Balaban J connectivity index is 1.35. The Morgan fingerprint density at radius 1 is 1.03 bits per heavy atom. The summed E-state index contributed by atoms with van der Waals surface area (Å²) in [6.07, 6.45) is 5.70. The predicted molar refractivity (Wildman–Crippen MR) is 126 cm³/mol. The van der Waals surface area contributed by atoms with E-state index in [0.717, 1.165) is 48.1 Å². The maximum atomic E-state index is 12.5. The summed E-state index contributed by atoms with van der Waals surface area (Å²) in [7, 11) is -3.46. The van der Waals surface area contributed by atoms with Gasteiger partial charge in [-0.2, -0.15) is 0 Å². The molecule has 32 heavy (non-hydrogen) atoms. The summed E-state index contributed by atoms with van der Waals surface area (Å²) in [6, 6.07) is 13.0. The number of carbonyl (C=O) groups excluding carboxylic acids is 1. The third-order valence-electron chi connectivity index (χ3n) is 5.85. The predicted octanol–water partition coefficient (Wildman–Crippen LogP) is 4.04. The fourth-order valence-corrected chi connectivity index (χ4v) is 5.34. The largest absolute Gasteiger partial charge is 0.493 e. The maximum absolute atomic E-state index is 12.5. The van der Waals surface area contributed by atoms with Crippen LogP contribution in [-0.2, 0) is 21.2 Å². The second-order valence-electron chi connectivity index (χ2n) is 8.52. The number of sulfonamides is 1. The average molecular weight is 459 g/mol. The van der Waals surface area contributed by atoms with Crippen LogP contribution in [0.4, 0.5) is 0 Å². The van der Waals surface area contributed by atoms with Crippen molar-refractivity contribution in [1.82, 2.24) is 10.0 Å². The number of nitrogens with one attached hydrogen (secondary N) is 2. The van der Waals surface area contributed by atoms with Gasteiger partial charge in [-0.15, -0.1) is 0 Å². The van der Waals surface area contributed by atoms with E-state index in [4.69, 9.17) is 4.74 Å². The second kappa shape index (κ2) is 11.5. The molecule has 0 atom stereocenters. The van der Waals surface area contributed by atoms with Gasteiger partial charge in [-0.1, -0.05) is 43.2 Å². The van der Waals surface area contributed by atoms with Crippen molar-refractivity contribution in [1.29, 1.82) is 0 Å². The molecule has 0 saturated heterocycles. The van der Waals surface area contributed by atoms with Gasteiger partial charge in [-0.25, -0.2) is 13.1 Å². The molecule has 1 amide bonds. The van der Waals surface area contributed by atoms with Crippen LogP contribution in [0.25, 0.3) is 0 Å². The highest BCUT2D eigenvalue weighted by Gasteiger charge is 2.22. The summed E-state index contributed by atoms with van der Waals surface area (Å²) in [4.78, 5) is 12.4. The Bertz CT molecular complexity index is 977. The highest BCUT2D eigenvalue weighted by Crippen LogP contribution is 2.22. The zero-order chi connectivity index (χ0) is 23.0. The van der Waals surface area contributed by atoms with Gasteiger partial charge in [0.15, 0.2) is 0 Å². The molecule has 0 unspecified atom stereocenters. The van der Waals surface area contributed by atoms with E-state index in [1.165, 1.54) is 0 Å². The van der Waals surface area contributed by atoms with Crippen molar-refractivity contribution in [3.8, 4) is 5.75 Å². The molecule has 1 aliphatic carbocycles. The van der Waals surface area contributed by atoms with Crippen LogP contribution in [-0.4, -0.2) is 33.5 Å². The maximum Gasteiger partial charge on any atom is 0.240 e. The Morgan fingerprint density at radius 2 is 1.69 bits per heavy atom. The number of rotatable bonds is 11. The van der Waals surface area contributed by atoms with Crippen LogP contribution in [0.1, 0.15) is 55.2 Å². The lowest BCUT2D eigenvalue weighted by molar-refractivity contribution is -0.121. The van der Waals surface area contributed by atoms with Crippen LogP contribution in [0.5, 0.6) is 5.75 Å². The Morgan fingerprint density at radius 3 is 2.34 bits per heavy atom. The smallest absolute Gasteiger partial charge is 0.240 e. The molecule has 0 bridgehead atoms. The van der Waals surface area contributed by atoms with E-state index in [1.807, 2.05) is 44.2 Å². The summed E-state index contributed by atoms with van der Waals surface area (Å²) in [5, 5.41) is 2.92. The summed E-state index contributed by atoms with van der Waals surface area (Å²) >= 11 is 0. The van der Waals surface area contributed by atoms with Crippen molar-refractivity contribution in [3.63, 3.8) is 0 Å². The number of hydrogen-bond acceptors (Lipinski definition) is 4. The van der Waals surface area contributed by atoms with Crippen molar-refractivity contribution in [2.45, 2.75) is 69.7 Å². The molecule has 0 aliphatic heterocycles. The molecule has 6 nitrogen and oxygen atoms in total. The van der Waals surface area contributed by atoms with Crippen LogP contribution in [0.15, 0.2) is 47.4 Å². The first-order chi connectivity index (χ1) is 15.3. The van der Waals surface area contributed by atoms with Gasteiger partial charge in [-0.3, -0.25) is 4.79 Å². The standard InChI is InChI=1S/C25H34N2O4S/c1-19-7-5-8-20(2)25(19)31-18-6-11-24(28)26-17-16-21-12-14-23(15-13-21)32(29,30)27-22-9-3-4-10-22/h5,7-8,12-15,22,27H,3-4,6,9-11,16-18H2,1-2H3,(H,26,28). The molecular weight excluding hydrogens is 424 g/mol. The SMILES string of the molecule is Cc1cccc(C)c1OCCCC(=O)NCCc1ccc(S(=O)(=O)NC2CCCC2)cc1. The molecule has 2 aromatic rings. The van der Waals surface area contributed by atoms with Gasteiger partial charge >= 0.3 is 0 Å². The minimum Gasteiger partial charge on any atom is -0.493 e. The normalized spacial score (nSPS) is 14.4. The lowest BCUT2D eigenvalue weighted by Crippen LogP contribution is -2.32. The van der Waals surface area contributed by atoms with E-state index < -0.39 is 10.0 Å². The molecule has 0 spiro atoms. The number of para-hydroxylation sites is 1. The highest BCUT2D eigenvalue weighted by molar-refractivity contribution is 7.89. The number of hydrogen-bond donors (Lipinski definition) is 2. The van der Waals surface area contributed by atoms with Gasteiger partial charge in [0, 0.05) is 19.0 Å². The fourth-order valence-electron chi connectivity index (χ4n) is 4.03. The second-order valence-corrected chi connectivity index (χ2v) is 10.2. The van der Waals surface area contributed by atoms with Crippen LogP contribution in [0.3, 0.4) is 0 Å². The topological polar surface area (TPSA) is 84.5 Å². The summed E-state index contributed by atoms with van der Waals surface area (Å²) in [5.41, 5.74) is 3.19. The Labute approximate surface area is 191 Å². The van der Waals surface area contributed by atoms with E-state index in [1.54, 1.807) is 12.1 Å². The van der Waals surface area contributed by atoms with Crippen LogP contribution >= 0.6 is 0 Å². The van der Waals surface area contributed by atoms with Gasteiger partial charge in [0.1, 0.15) is 5.75 Å². The van der Waals surface area contributed by atoms with Gasteiger partial charge in [0.2, 0.25) is 15.9 Å². The lowest BCUT2D eigenvalue weighted by Gasteiger charge is -2.13. The third-order valence-corrected chi connectivity index (χ3v) is 7.39. The first-order valence-electron chi connectivity index (χ1n) is 11.4. The summed E-state index contributed by atoms with van der Waals surface area (Å²) in [6.45, 7) is 5.05. The van der Waals surface area contributed by atoms with E-state index >= 15 is 0 Å². The molecule has 1 fully saturated rings. The lowest BCUT2D eigenvalue weighted by atomic mass is 10.1. The molecule has 1 saturated carbocycles. The Hall–Kier alpha value is -2.38. The summed E-state index contributed by atoms with van der Waals surface area (Å²) in [5.74, 6) is 0.895. The molecular formula is C25H34N2O4S. The van der Waals surface area contributed by atoms with Crippen LogP contribution in [0.2, 0.25) is 0 Å². The van der Waals surface area contributed by atoms with Crippen LogP contribution in [0, 0.1) is 13.8 Å². The monoisotopic (exact) mass is 458 g/mol. The van der Waals surface area contributed by atoms with Gasteiger partial charge in [0.25, 0.3) is 0 Å². The third kappa shape index (κ3) is 7.07. The van der Waals surface area contributed by atoms with E-state index in [9.17, 15) is 13.2 Å². The first-order valence-corrected chi connectivity index (χ1v) is 12.9. The first kappa shape index (κ1) is 24.3. The van der Waals surface area contributed by atoms with Crippen molar-refractivity contribution in [3.05, 3.63) is 59.2 Å². The van der Waals surface area contributed by atoms with Crippen LogP contribution < -0.4 is 14.8 Å². The molecule has 1 aliphatic rings. The Kier molecular flexibility index (Phi) is 8.70. The fraction of sp³-hybridized carbons (Fsp3) is 0.480. The van der Waals surface area contributed by atoms with E-state index in [-0.39, 0.29) is 11.9 Å². The minimum atomic E-state index is -3.46. The molecule has 3 rings (SSSR count). The number of carbonyl (C=O) groups is 1. The molecule has 2 aromatic carbocycles. The average Bonchev–Trinajstić information content (AvgIpc) is 3.25. The number of benzene rings is 2. The zero-order valence-electron chi connectivity index (χ0n) is 19.0. The molecule has 174 valence electrons. The van der Waals surface area contributed by atoms with Gasteiger partial charge in [0.05, 0.1) is 11.5 Å². The van der Waals surface area contributed by atoms with Crippen molar-refractivity contribution >= 4 is 15.9 Å². The van der Waals surface area contributed by atoms with E-state index in [2.05, 4.69) is 10.0 Å². The zero-order valence-corrected chi connectivity index (χ0v) is 19.8. The number of ether oxygens (including phenoxy) is 1. The van der Waals surface area contributed by atoms with E-state index in [0.29, 0.717) is 37.3 Å². The number of amides is 1. The number of aryl methyl sites for hydroxylation is 2. The molecule has 2 N–H and O–H groups in total. The molecule has 0 aromatic heterocycles. The molecule has 0 heterocycles. The minimum absolute atomic E-state index is 0.00457. The van der Waals surface area contributed by atoms with Crippen molar-refractivity contribution in [2.24, 2.45) is 0 Å². The van der Waals surface area contributed by atoms with Crippen molar-refractivity contribution < 1.29 is 17.9 Å². The highest BCUT2D eigenvalue weighted by atomic mass is 32.2. The quantitative estimate of drug-likeness (QED) is 0.498.